The van der Waals surface area contributed by atoms with Crippen LogP contribution < -0.4 is 5.32 Å². The average molecular weight is 260 g/mol. The van der Waals surface area contributed by atoms with E-state index in [-0.39, 0.29) is 0 Å². The first-order chi connectivity index (χ1) is 8.47. The quantitative estimate of drug-likeness (QED) is 0.611. The highest BCUT2D eigenvalue weighted by molar-refractivity contribution is 5.79. The first-order valence-corrected chi connectivity index (χ1v) is 6.28. The molecule has 0 bridgehead atoms. The van der Waals surface area contributed by atoms with E-state index in [2.05, 4.69) is 5.32 Å². The molecule has 1 atom stereocenters. The number of hydrogen-bond acceptors (Lipinski definition) is 4. The minimum Gasteiger partial charge on any atom is -0.480 e. The fraction of sp³-hybridized carbons (Fsp3) is 0.833. The molecule has 0 fully saturated rings. The highest BCUT2D eigenvalue weighted by Crippen LogP contribution is 2.00. The van der Waals surface area contributed by atoms with Gasteiger partial charge in [0.05, 0.1) is 6.61 Å². The zero-order valence-corrected chi connectivity index (χ0v) is 11.4. The molecule has 6 heteroatoms. The van der Waals surface area contributed by atoms with Crippen LogP contribution in [0.4, 0.5) is 4.79 Å². The largest absolute Gasteiger partial charge is 0.480 e. The van der Waals surface area contributed by atoms with Crippen LogP contribution in [0.3, 0.4) is 0 Å². The molecule has 0 aliphatic carbocycles. The molecule has 1 amide bonds. The number of carboxylic acids is 1. The Morgan fingerprint density at radius 3 is 2.50 bits per heavy atom. The summed E-state index contributed by atoms with van der Waals surface area (Å²) in [6.07, 6.45) is 2.17. The van der Waals surface area contributed by atoms with Crippen molar-refractivity contribution in [3.63, 3.8) is 0 Å². The van der Waals surface area contributed by atoms with Gasteiger partial charge in [0.1, 0.15) is 6.04 Å². The fourth-order valence-electron chi connectivity index (χ4n) is 1.36. The predicted octanol–water partition coefficient (Wildman–Crippen LogP) is 1.31. The average Bonchev–Trinajstić information content (AvgIpc) is 2.27. The maximum atomic E-state index is 11.3. The molecule has 0 saturated heterocycles. The highest BCUT2D eigenvalue weighted by atomic mass is 16.5. The molecule has 0 aromatic rings. The molecular weight excluding hydrogens is 236 g/mol. The Bertz CT molecular complexity index is 256. The molecule has 0 aliphatic rings. The van der Waals surface area contributed by atoms with Crippen LogP contribution in [-0.4, -0.2) is 55.4 Å². The number of aliphatic carboxylic acids is 1. The van der Waals surface area contributed by atoms with Gasteiger partial charge in [0.15, 0.2) is 0 Å². The third-order valence-corrected chi connectivity index (χ3v) is 2.42. The van der Waals surface area contributed by atoms with Crippen LogP contribution in [-0.2, 0) is 9.53 Å². The minimum atomic E-state index is -1.03. The molecule has 0 aromatic heterocycles. The van der Waals surface area contributed by atoms with Gasteiger partial charge in [-0.25, -0.2) is 9.59 Å². The highest BCUT2D eigenvalue weighted by Gasteiger charge is 2.20. The van der Waals surface area contributed by atoms with E-state index >= 15 is 0 Å². The van der Waals surface area contributed by atoms with Gasteiger partial charge in [0, 0.05) is 0 Å². The van der Waals surface area contributed by atoms with Crippen molar-refractivity contribution in [2.45, 2.75) is 38.6 Å². The number of hydrogen-bond donors (Lipinski definition) is 2. The molecule has 6 nitrogen and oxygen atoms in total. The Hall–Kier alpha value is -1.30. The summed E-state index contributed by atoms with van der Waals surface area (Å²) >= 11 is 0. The lowest BCUT2D eigenvalue weighted by molar-refractivity contribution is -0.139. The van der Waals surface area contributed by atoms with Gasteiger partial charge in [-0.1, -0.05) is 13.3 Å². The van der Waals surface area contributed by atoms with Crippen LogP contribution in [0.25, 0.3) is 0 Å². The molecule has 106 valence electrons. The standard InChI is InChI=1S/C12H24N2O4/c1-4-5-9-18-12(17)13-10(11(15)16)7-6-8-14(2)3/h10H,4-9H2,1-3H3,(H,13,17)(H,15,16)/t10-/m0/s1. The van der Waals surface area contributed by atoms with Gasteiger partial charge in [-0.3, -0.25) is 0 Å². The molecule has 0 aromatic carbocycles. The van der Waals surface area contributed by atoms with E-state index in [1.807, 2.05) is 25.9 Å². The monoisotopic (exact) mass is 260 g/mol. The van der Waals surface area contributed by atoms with Gasteiger partial charge in [-0.15, -0.1) is 0 Å². The van der Waals surface area contributed by atoms with Gasteiger partial charge < -0.3 is 20.1 Å². The maximum Gasteiger partial charge on any atom is 0.407 e. The summed E-state index contributed by atoms with van der Waals surface area (Å²) in [5, 5.41) is 11.3. The second kappa shape index (κ2) is 9.70. The summed E-state index contributed by atoms with van der Waals surface area (Å²) in [4.78, 5) is 24.3. The number of carboxylic acid groups (broad SMARTS) is 1. The third kappa shape index (κ3) is 8.81. The summed E-state index contributed by atoms with van der Waals surface area (Å²) in [7, 11) is 3.84. The predicted molar refractivity (Wildman–Crippen MR) is 68.6 cm³/mol. The lowest BCUT2D eigenvalue weighted by Gasteiger charge is -2.16. The lowest BCUT2D eigenvalue weighted by Crippen LogP contribution is -2.41. The summed E-state index contributed by atoms with van der Waals surface area (Å²) in [5.41, 5.74) is 0. The second-order valence-electron chi connectivity index (χ2n) is 4.47. The minimum absolute atomic E-state index is 0.326. The zero-order chi connectivity index (χ0) is 14.0. The van der Waals surface area contributed by atoms with Gasteiger partial charge in [0.25, 0.3) is 0 Å². The Labute approximate surface area is 108 Å². The number of unbranched alkanes of at least 4 members (excludes halogenated alkanes) is 1. The van der Waals surface area contributed by atoms with Crippen molar-refractivity contribution in [3.8, 4) is 0 Å². The van der Waals surface area contributed by atoms with Crippen molar-refractivity contribution in [1.82, 2.24) is 10.2 Å². The van der Waals surface area contributed by atoms with Gasteiger partial charge in [-0.05, 0) is 39.9 Å². The molecule has 0 saturated carbocycles. The van der Waals surface area contributed by atoms with Crippen molar-refractivity contribution < 1.29 is 19.4 Å². The molecule has 0 radical (unpaired) electrons. The summed E-state index contributed by atoms with van der Waals surface area (Å²) in [6, 6.07) is -0.876. The summed E-state index contributed by atoms with van der Waals surface area (Å²) < 4.78 is 4.87. The molecular formula is C12H24N2O4. The van der Waals surface area contributed by atoms with Crippen LogP contribution in [0.15, 0.2) is 0 Å². The van der Waals surface area contributed by atoms with Crippen LogP contribution in [0.5, 0.6) is 0 Å². The molecule has 0 spiro atoms. The van der Waals surface area contributed by atoms with Crippen LogP contribution in [0, 0.1) is 0 Å². The van der Waals surface area contributed by atoms with Crippen LogP contribution >= 0.6 is 0 Å². The number of ether oxygens (including phenoxy) is 1. The number of nitrogens with one attached hydrogen (secondary N) is 1. The number of amides is 1. The summed E-state index contributed by atoms with van der Waals surface area (Å²) in [5.74, 6) is -1.03. The number of carbonyl (C=O) groups excluding carboxylic acids is 1. The maximum absolute atomic E-state index is 11.3. The Morgan fingerprint density at radius 2 is 2.00 bits per heavy atom. The number of carbonyl (C=O) groups is 2. The lowest BCUT2D eigenvalue weighted by atomic mass is 10.1. The molecule has 0 heterocycles. The molecule has 0 unspecified atom stereocenters. The zero-order valence-electron chi connectivity index (χ0n) is 11.4. The van der Waals surface area contributed by atoms with Crippen molar-refractivity contribution in [2.24, 2.45) is 0 Å². The van der Waals surface area contributed by atoms with Crippen molar-refractivity contribution in [3.05, 3.63) is 0 Å². The third-order valence-electron chi connectivity index (χ3n) is 2.42. The van der Waals surface area contributed by atoms with Crippen molar-refractivity contribution >= 4 is 12.1 Å². The molecule has 18 heavy (non-hydrogen) atoms. The first-order valence-electron chi connectivity index (χ1n) is 6.28. The van der Waals surface area contributed by atoms with Gasteiger partial charge in [-0.2, -0.15) is 0 Å². The van der Waals surface area contributed by atoms with E-state index < -0.39 is 18.1 Å². The molecule has 2 N–H and O–H groups in total. The van der Waals surface area contributed by atoms with E-state index in [0.29, 0.717) is 19.4 Å². The normalized spacial score (nSPS) is 12.2. The Morgan fingerprint density at radius 1 is 1.33 bits per heavy atom. The second-order valence-corrected chi connectivity index (χ2v) is 4.47. The van der Waals surface area contributed by atoms with Crippen molar-refractivity contribution in [2.75, 3.05) is 27.2 Å². The SMILES string of the molecule is CCCCOC(=O)N[C@@H](CCCN(C)C)C(=O)O. The Kier molecular flexibility index (Phi) is 9.00. The van der Waals surface area contributed by atoms with Gasteiger partial charge in [0.2, 0.25) is 0 Å². The first kappa shape index (κ1) is 16.7. The van der Waals surface area contributed by atoms with Crippen LogP contribution in [0.2, 0.25) is 0 Å². The fourth-order valence-corrected chi connectivity index (χ4v) is 1.36. The van der Waals surface area contributed by atoms with E-state index in [9.17, 15) is 9.59 Å². The van der Waals surface area contributed by atoms with E-state index in [0.717, 1.165) is 19.4 Å². The van der Waals surface area contributed by atoms with E-state index in [1.54, 1.807) is 0 Å². The molecule has 0 aliphatic heterocycles. The molecule has 0 rings (SSSR count). The van der Waals surface area contributed by atoms with E-state index in [1.165, 1.54) is 0 Å². The summed E-state index contributed by atoms with van der Waals surface area (Å²) in [6.45, 7) is 3.10. The number of nitrogens with zero attached hydrogens (tertiary/aromatic N) is 1. The number of rotatable bonds is 9. The smallest absolute Gasteiger partial charge is 0.407 e. The Balaban J connectivity index is 3.95. The van der Waals surface area contributed by atoms with E-state index in [4.69, 9.17) is 9.84 Å². The van der Waals surface area contributed by atoms with Gasteiger partial charge >= 0.3 is 12.1 Å². The topological polar surface area (TPSA) is 78.9 Å². The van der Waals surface area contributed by atoms with Crippen LogP contribution in [0.1, 0.15) is 32.6 Å². The van der Waals surface area contributed by atoms with Crippen molar-refractivity contribution in [1.29, 1.82) is 0 Å². The number of alkyl carbamates (subject to hydrolysis) is 1.